The number of hydrogen-bond donors (Lipinski definition) is 1. The summed E-state index contributed by atoms with van der Waals surface area (Å²) in [6.45, 7) is 3.69. The highest BCUT2D eigenvalue weighted by Gasteiger charge is 2.29. The molecule has 0 spiro atoms. The molecule has 0 saturated carbocycles. The topological polar surface area (TPSA) is 89.4 Å². The van der Waals surface area contributed by atoms with Gasteiger partial charge in [0.2, 0.25) is 5.91 Å². The van der Waals surface area contributed by atoms with Gasteiger partial charge in [-0.1, -0.05) is 42.5 Å². The molecule has 2 aromatic carbocycles. The number of carbonyl (C=O) groups is 2. The number of rotatable bonds is 6. The number of nitrogens with zero attached hydrogens (tertiary/aromatic N) is 4. The minimum absolute atomic E-state index is 0.0477. The van der Waals surface area contributed by atoms with Gasteiger partial charge in [0, 0.05) is 31.1 Å². The number of para-hydroxylation sites is 2. The Morgan fingerprint density at radius 3 is 2.50 bits per heavy atom. The van der Waals surface area contributed by atoms with Gasteiger partial charge in [-0.25, -0.2) is 9.67 Å². The van der Waals surface area contributed by atoms with E-state index < -0.39 is 0 Å². The minimum atomic E-state index is -0.167. The number of benzene rings is 2. The van der Waals surface area contributed by atoms with Crippen molar-refractivity contribution in [2.45, 2.75) is 26.3 Å². The van der Waals surface area contributed by atoms with E-state index in [0.717, 1.165) is 16.6 Å². The number of aromatic nitrogens is 3. The molecular formula is C28H29N5O3. The summed E-state index contributed by atoms with van der Waals surface area (Å²) in [5.41, 5.74) is 3.64. The Kier molecular flexibility index (Phi) is 6.66. The maximum Gasteiger partial charge on any atom is 0.254 e. The highest BCUT2D eigenvalue weighted by Crippen LogP contribution is 2.29. The smallest absolute Gasteiger partial charge is 0.254 e. The van der Waals surface area contributed by atoms with Crippen molar-refractivity contribution in [1.29, 1.82) is 0 Å². The third-order valence-corrected chi connectivity index (χ3v) is 6.73. The van der Waals surface area contributed by atoms with E-state index in [-0.39, 0.29) is 17.7 Å². The zero-order valence-electron chi connectivity index (χ0n) is 20.5. The average molecular weight is 484 g/mol. The fourth-order valence-electron chi connectivity index (χ4n) is 4.71. The van der Waals surface area contributed by atoms with Crippen molar-refractivity contribution < 1.29 is 14.3 Å². The number of likely N-dealkylation sites (tertiary alicyclic amines) is 1. The molecule has 5 rings (SSSR count). The summed E-state index contributed by atoms with van der Waals surface area (Å²) in [5.74, 6) is 0.355. The number of fused-ring (bicyclic) bond motifs is 1. The first-order valence-electron chi connectivity index (χ1n) is 12.2. The molecule has 4 aromatic rings. The van der Waals surface area contributed by atoms with Crippen LogP contribution < -0.4 is 10.1 Å². The fraction of sp³-hybridized carbons (Fsp3) is 0.286. The average Bonchev–Trinajstić information content (AvgIpc) is 3.36. The predicted octanol–water partition coefficient (Wildman–Crippen LogP) is 4.62. The maximum absolute atomic E-state index is 13.7. The van der Waals surface area contributed by atoms with Crippen molar-refractivity contribution in [1.82, 2.24) is 19.7 Å². The molecule has 2 amide bonds. The van der Waals surface area contributed by atoms with Crippen LogP contribution in [0, 0.1) is 5.92 Å². The Bertz CT molecular complexity index is 1390. The molecule has 1 fully saturated rings. The number of piperidine rings is 1. The van der Waals surface area contributed by atoms with Crippen molar-refractivity contribution in [3.8, 4) is 17.0 Å². The van der Waals surface area contributed by atoms with Crippen LogP contribution in [0.15, 0.2) is 66.9 Å². The van der Waals surface area contributed by atoms with Gasteiger partial charge in [0.1, 0.15) is 5.75 Å². The summed E-state index contributed by atoms with van der Waals surface area (Å²) in [4.78, 5) is 33.2. The number of pyridine rings is 1. The lowest BCUT2D eigenvalue weighted by Gasteiger charge is -2.31. The van der Waals surface area contributed by atoms with Gasteiger partial charge in [-0.2, -0.15) is 5.10 Å². The lowest BCUT2D eigenvalue weighted by molar-refractivity contribution is -0.121. The third-order valence-electron chi connectivity index (χ3n) is 6.73. The van der Waals surface area contributed by atoms with Crippen molar-refractivity contribution in [2.75, 3.05) is 25.5 Å². The Morgan fingerprint density at radius 1 is 1.06 bits per heavy atom. The standard InChI is InChI=1S/C28H29N5O3/c1-3-33-26-22(18-29-33)21(17-24(30-26)19-9-5-4-6-10-19)28(35)32-15-13-20(14-16-32)27(34)31-23-11-7-8-12-25(23)36-2/h4-12,17-18,20H,3,13-16H2,1-2H3,(H,31,34). The quantitative estimate of drug-likeness (QED) is 0.432. The first kappa shape index (κ1) is 23.5. The van der Waals surface area contributed by atoms with Gasteiger partial charge in [-0.05, 0) is 38.0 Å². The van der Waals surface area contributed by atoms with E-state index in [4.69, 9.17) is 9.72 Å². The molecular weight excluding hydrogens is 454 g/mol. The Labute approximate surface area is 209 Å². The first-order chi connectivity index (χ1) is 17.6. The minimum Gasteiger partial charge on any atom is -0.495 e. The van der Waals surface area contributed by atoms with Gasteiger partial charge in [-0.15, -0.1) is 0 Å². The number of carbonyl (C=O) groups excluding carboxylic acids is 2. The normalized spacial score (nSPS) is 14.1. The molecule has 1 N–H and O–H groups in total. The number of amides is 2. The van der Waals surface area contributed by atoms with Crippen LogP contribution in [0.25, 0.3) is 22.3 Å². The molecule has 1 aliphatic heterocycles. The van der Waals surface area contributed by atoms with Crippen LogP contribution in [0.4, 0.5) is 5.69 Å². The molecule has 8 nitrogen and oxygen atoms in total. The molecule has 184 valence electrons. The molecule has 0 unspecified atom stereocenters. The number of ether oxygens (including phenoxy) is 1. The van der Waals surface area contributed by atoms with E-state index in [0.29, 0.717) is 55.1 Å². The molecule has 3 heterocycles. The molecule has 1 aliphatic rings. The van der Waals surface area contributed by atoms with E-state index in [1.54, 1.807) is 13.3 Å². The van der Waals surface area contributed by atoms with Gasteiger partial charge in [-0.3, -0.25) is 9.59 Å². The SMILES string of the molecule is CCn1ncc2c(C(=O)N3CCC(C(=O)Nc4ccccc4OC)CC3)cc(-c3ccccc3)nc21. The van der Waals surface area contributed by atoms with E-state index >= 15 is 0 Å². The molecule has 0 radical (unpaired) electrons. The van der Waals surface area contributed by atoms with Gasteiger partial charge in [0.05, 0.1) is 35.6 Å². The van der Waals surface area contributed by atoms with Crippen molar-refractivity contribution in [3.63, 3.8) is 0 Å². The lowest BCUT2D eigenvalue weighted by Crippen LogP contribution is -2.41. The number of anilines is 1. The van der Waals surface area contributed by atoms with Crippen LogP contribution in [-0.2, 0) is 11.3 Å². The second kappa shape index (κ2) is 10.2. The summed E-state index contributed by atoms with van der Waals surface area (Å²) >= 11 is 0. The molecule has 36 heavy (non-hydrogen) atoms. The summed E-state index contributed by atoms with van der Waals surface area (Å²) in [6, 6.07) is 19.1. The van der Waals surface area contributed by atoms with E-state index in [9.17, 15) is 9.59 Å². The van der Waals surface area contributed by atoms with Crippen LogP contribution in [0.2, 0.25) is 0 Å². The fourth-order valence-corrected chi connectivity index (χ4v) is 4.71. The van der Waals surface area contributed by atoms with Crippen LogP contribution >= 0.6 is 0 Å². The van der Waals surface area contributed by atoms with Gasteiger partial charge in [0.25, 0.3) is 5.91 Å². The second-order valence-electron chi connectivity index (χ2n) is 8.87. The third kappa shape index (κ3) is 4.54. The van der Waals surface area contributed by atoms with Crippen molar-refractivity contribution >= 4 is 28.5 Å². The van der Waals surface area contributed by atoms with E-state index in [1.165, 1.54) is 0 Å². The summed E-state index contributed by atoms with van der Waals surface area (Å²) < 4.78 is 7.15. The summed E-state index contributed by atoms with van der Waals surface area (Å²) in [6.07, 6.45) is 2.92. The summed E-state index contributed by atoms with van der Waals surface area (Å²) in [5, 5.41) is 8.17. The zero-order chi connectivity index (χ0) is 25.1. The maximum atomic E-state index is 13.7. The molecule has 2 aromatic heterocycles. The number of aryl methyl sites for hydroxylation is 1. The second-order valence-corrected chi connectivity index (χ2v) is 8.87. The summed E-state index contributed by atoms with van der Waals surface area (Å²) in [7, 11) is 1.58. The van der Waals surface area contributed by atoms with Gasteiger partial charge in [0.15, 0.2) is 5.65 Å². The zero-order valence-corrected chi connectivity index (χ0v) is 20.5. The van der Waals surface area contributed by atoms with Crippen LogP contribution in [0.5, 0.6) is 5.75 Å². The molecule has 0 aliphatic carbocycles. The molecule has 0 bridgehead atoms. The molecule has 0 atom stereocenters. The largest absolute Gasteiger partial charge is 0.495 e. The van der Waals surface area contributed by atoms with Crippen LogP contribution in [0.1, 0.15) is 30.1 Å². The lowest BCUT2D eigenvalue weighted by atomic mass is 9.95. The Balaban J connectivity index is 1.35. The predicted molar refractivity (Wildman–Crippen MR) is 139 cm³/mol. The highest BCUT2D eigenvalue weighted by atomic mass is 16.5. The van der Waals surface area contributed by atoms with E-state index in [1.807, 2.05) is 77.2 Å². The molecule has 8 heteroatoms. The van der Waals surface area contributed by atoms with E-state index in [2.05, 4.69) is 10.4 Å². The Morgan fingerprint density at radius 2 is 1.78 bits per heavy atom. The number of nitrogens with one attached hydrogen (secondary N) is 1. The molecule has 1 saturated heterocycles. The van der Waals surface area contributed by atoms with Crippen molar-refractivity contribution in [3.05, 3.63) is 72.4 Å². The van der Waals surface area contributed by atoms with Gasteiger partial charge >= 0.3 is 0 Å². The van der Waals surface area contributed by atoms with Crippen LogP contribution in [-0.4, -0.2) is 51.7 Å². The van der Waals surface area contributed by atoms with Gasteiger partial charge < -0.3 is 15.0 Å². The number of hydrogen-bond acceptors (Lipinski definition) is 5. The number of methoxy groups -OCH3 is 1. The first-order valence-corrected chi connectivity index (χ1v) is 12.2. The highest BCUT2D eigenvalue weighted by molar-refractivity contribution is 6.06. The monoisotopic (exact) mass is 483 g/mol. The van der Waals surface area contributed by atoms with Crippen LogP contribution in [0.3, 0.4) is 0 Å². The van der Waals surface area contributed by atoms with Crippen molar-refractivity contribution in [2.24, 2.45) is 5.92 Å². The Hall–Kier alpha value is -4.20.